The summed E-state index contributed by atoms with van der Waals surface area (Å²) in [5.74, 6) is -0.639. The van der Waals surface area contributed by atoms with E-state index in [1.54, 1.807) is 0 Å². The van der Waals surface area contributed by atoms with Gasteiger partial charge in [0.15, 0.2) is 0 Å². The number of hydrogen-bond acceptors (Lipinski definition) is 0. The Morgan fingerprint density at radius 1 is 0.750 bits per heavy atom. The molecule has 2 aliphatic rings. The molecular formula is C40H53Cl2SiZr. The second-order valence-corrected chi connectivity index (χ2v) is 57.6. The normalized spacial score (nSPS) is 20.4. The fourth-order valence-corrected chi connectivity index (χ4v) is 39.6. The van der Waals surface area contributed by atoms with Crippen molar-refractivity contribution in [2.24, 2.45) is 5.92 Å². The maximum atomic E-state index is 8.66. The number of benzene rings is 3. The van der Waals surface area contributed by atoms with E-state index >= 15 is 0 Å². The molecule has 235 valence electrons. The summed E-state index contributed by atoms with van der Waals surface area (Å²) in [5, 5.41) is 0. The molecule has 3 aromatic rings. The zero-order chi connectivity index (χ0) is 32.2. The molecule has 0 fully saturated rings. The van der Waals surface area contributed by atoms with Crippen LogP contribution in [0.4, 0.5) is 0 Å². The van der Waals surface area contributed by atoms with Gasteiger partial charge in [0.25, 0.3) is 0 Å². The molecule has 0 aromatic heterocycles. The molecule has 4 unspecified atom stereocenters. The molecule has 44 heavy (non-hydrogen) atoms. The van der Waals surface area contributed by atoms with Crippen LogP contribution in [-0.2, 0) is 21.0 Å². The van der Waals surface area contributed by atoms with Crippen LogP contribution in [0.25, 0.3) is 23.3 Å². The van der Waals surface area contributed by atoms with Crippen molar-refractivity contribution in [1.82, 2.24) is 0 Å². The molecular weight excluding hydrogens is 671 g/mol. The third-order valence-corrected chi connectivity index (χ3v) is 63.0. The molecule has 0 saturated heterocycles. The molecule has 4 atom stereocenters. The van der Waals surface area contributed by atoms with Gasteiger partial charge in [0.05, 0.1) is 0 Å². The van der Waals surface area contributed by atoms with Crippen molar-refractivity contribution in [2.45, 2.75) is 106 Å². The molecule has 0 bridgehead atoms. The second-order valence-electron chi connectivity index (χ2n) is 15.1. The van der Waals surface area contributed by atoms with Gasteiger partial charge in [-0.1, -0.05) is 0 Å². The van der Waals surface area contributed by atoms with Crippen molar-refractivity contribution in [3.8, 4) is 11.1 Å². The summed E-state index contributed by atoms with van der Waals surface area (Å²) in [4.78, 5) is 0. The van der Waals surface area contributed by atoms with Gasteiger partial charge in [-0.25, -0.2) is 0 Å². The van der Waals surface area contributed by atoms with Gasteiger partial charge >= 0.3 is 279 Å². The number of allylic oxidation sites excluding steroid dienone is 2. The molecule has 0 saturated carbocycles. The molecule has 0 amide bonds. The summed E-state index contributed by atoms with van der Waals surface area (Å²) in [5.41, 5.74) is 14.1. The van der Waals surface area contributed by atoms with E-state index in [-0.39, 0.29) is 12.7 Å². The van der Waals surface area contributed by atoms with Crippen LogP contribution in [0.5, 0.6) is 0 Å². The van der Waals surface area contributed by atoms with Gasteiger partial charge in [0.1, 0.15) is 0 Å². The van der Waals surface area contributed by atoms with Crippen molar-refractivity contribution in [3.63, 3.8) is 0 Å². The fraction of sp³-hybridized carbons (Fsp3) is 0.450. The summed E-state index contributed by atoms with van der Waals surface area (Å²) >= 11 is -4.76. The molecule has 5 rings (SSSR count). The zero-order valence-electron chi connectivity index (χ0n) is 28.7. The Hall–Kier alpha value is -1.18. The summed E-state index contributed by atoms with van der Waals surface area (Å²) in [6.45, 7) is 23.5. The van der Waals surface area contributed by atoms with Crippen molar-refractivity contribution in [3.05, 3.63) is 105 Å². The number of fused-ring (bicyclic) bond motifs is 2. The number of rotatable bonds is 9. The Balaban J connectivity index is 1.75. The molecule has 4 heteroatoms. The van der Waals surface area contributed by atoms with Gasteiger partial charge in [0, 0.05) is 0 Å². The van der Waals surface area contributed by atoms with Crippen LogP contribution in [0, 0.1) is 5.92 Å². The average Bonchev–Trinajstić information content (AvgIpc) is 3.60. The topological polar surface area (TPSA) is 0 Å². The third-order valence-electron chi connectivity index (χ3n) is 11.3. The quantitative estimate of drug-likeness (QED) is 0.193. The monoisotopic (exact) mass is 721 g/mol. The molecule has 0 N–H and O–H groups in total. The minimum atomic E-state index is -4.76. The second kappa shape index (κ2) is 12.4. The first kappa shape index (κ1) is 34.2. The zero-order valence-corrected chi connectivity index (χ0v) is 33.8. The Morgan fingerprint density at radius 3 is 1.89 bits per heavy atom. The van der Waals surface area contributed by atoms with Crippen LogP contribution >= 0.6 is 17.0 Å². The first-order valence-corrected chi connectivity index (χ1v) is 33.4. The van der Waals surface area contributed by atoms with Gasteiger partial charge in [-0.05, 0) is 0 Å². The van der Waals surface area contributed by atoms with Crippen molar-refractivity contribution >= 4 is 35.1 Å². The van der Waals surface area contributed by atoms with Crippen LogP contribution in [0.15, 0.2) is 71.8 Å². The molecule has 0 spiro atoms. The fourth-order valence-electron chi connectivity index (χ4n) is 8.03. The van der Waals surface area contributed by atoms with Crippen LogP contribution < -0.4 is 0 Å². The Morgan fingerprint density at radius 2 is 1.34 bits per heavy atom. The average molecular weight is 724 g/mol. The first-order valence-electron chi connectivity index (χ1n) is 17.0. The third kappa shape index (κ3) is 5.47. The molecule has 0 aliphatic heterocycles. The van der Waals surface area contributed by atoms with E-state index in [1.807, 2.05) is 0 Å². The van der Waals surface area contributed by atoms with Gasteiger partial charge in [-0.3, -0.25) is 0 Å². The molecule has 0 heterocycles. The SMILES string of the molecule is CCC1=Cc2c(-c3ccc(C(C)(C)C)cc3)cccc2[CH]1[Zr]([Cl])([Cl])([CH]1C(C(C)CC)=Cc2c(C(C)CC)cccc21)[SiH](C)C. The predicted octanol–water partition coefficient (Wildman–Crippen LogP) is 13.2. The van der Waals surface area contributed by atoms with Crippen molar-refractivity contribution in [1.29, 1.82) is 0 Å². The molecule has 2 aliphatic carbocycles. The first-order chi connectivity index (χ1) is 20.7. The summed E-state index contributed by atoms with van der Waals surface area (Å²) in [6, 6.07) is 23.1. The van der Waals surface area contributed by atoms with Crippen LogP contribution in [-0.4, -0.2) is 5.92 Å². The number of halogens is 2. The molecule has 3 aromatic carbocycles. The van der Waals surface area contributed by atoms with Gasteiger partial charge < -0.3 is 0 Å². The molecule has 0 nitrogen and oxygen atoms in total. The van der Waals surface area contributed by atoms with E-state index in [2.05, 4.69) is 141 Å². The standard InChI is InChI=1S/C21H23.C17H23.C2H7Si.2ClH.Zr/c1-5-15-13-17-7-6-8-19(20(17)14-15)16-9-11-18(12-10-16)21(2,3)4;1-5-12(3)15-10-14-8-7-9-16(13(4)6-2)17(14)11-15;1-3-2;;;/h6-14H,5H2,1-4H3;7-13H,5-6H2,1-4H3;3H,1-2H3;2*1H;/q;;;;;+2/p-2. The minimum absolute atomic E-state index is 0.129. The van der Waals surface area contributed by atoms with E-state index in [4.69, 9.17) is 17.0 Å². The summed E-state index contributed by atoms with van der Waals surface area (Å²) in [6.07, 6.45) is 8.23. The van der Waals surface area contributed by atoms with Crippen molar-refractivity contribution in [2.75, 3.05) is 0 Å². The van der Waals surface area contributed by atoms with Crippen molar-refractivity contribution < 1.29 is 15.6 Å². The predicted molar refractivity (Wildman–Crippen MR) is 197 cm³/mol. The van der Waals surface area contributed by atoms with E-state index < -0.39 is 21.5 Å². The van der Waals surface area contributed by atoms with Crippen LogP contribution in [0.3, 0.4) is 0 Å². The molecule has 0 radical (unpaired) electrons. The van der Waals surface area contributed by atoms with Crippen LogP contribution in [0.2, 0.25) is 13.1 Å². The summed E-state index contributed by atoms with van der Waals surface area (Å²) < 4.78 is 0.289. The van der Waals surface area contributed by atoms with Gasteiger partial charge in [-0.2, -0.15) is 0 Å². The Bertz CT molecular complexity index is 1610. The van der Waals surface area contributed by atoms with Gasteiger partial charge in [0.2, 0.25) is 0 Å². The Labute approximate surface area is 277 Å². The summed E-state index contributed by atoms with van der Waals surface area (Å²) in [7, 11) is 17.3. The Kier molecular flexibility index (Phi) is 9.66. The van der Waals surface area contributed by atoms with E-state index in [1.165, 1.54) is 55.7 Å². The van der Waals surface area contributed by atoms with E-state index in [9.17, 15) is 0 Å². The van der Waals surface area contributed by atoms with E-state index in [0.717, 1.165) is 19.3 Å². The maximum absolute atomic E-state index is 8.66. The van der Waals surface area contributed by atoms with Crippen LogP contribution in [0.1, 0.15) is 121 Å². The number of hydrogen-bond donors (Lipinski definition) is 0. The van der Waals surface area contributed by atoms with E-state index in [0.29, 0.717) is 11.8 Å². The van der Waals surface area contributed by atoms with Gasteiger partial charge in [-0.15, -0.1) is 0 Å².